The van der Waals surface area contributed by atoms with E-state index in [2.05, 4.69) is 15.5 Å². The first-order valence-electron chi connectivity index (χ1n) is 6.74. The van der Waals surface area contributed by atoms with Crippen molar-refractivity contribution < 1.29 is 18.7 Å². The molecule has 2 aromatic rings. The predicted molar refractivity (Wildman–Crippen MR) is 74.6 cm³/mol. The topological polar surface area (TPSA) is 101 Å². The number of aliphatic carboxylic acids is 1. The lowest BCUT2D eigenvalue weighted by Gasteiger charge is -2.23. The molecule has 2 heterocycles. The number of aromatic nitrogens is 2. The van der Waals surface area contributed by atoms with E-state index in [0.717, 1.165) is 11.3 Å². The molecule has 21 heavy (non-hydrogen) atoms. The highest BCUT2D eigenvalue weighted by molar-refractivity contribution is 5.78. The molecule has 0 aliphatic heterocycles. The Morgan fingerprint density at radius 2 is 2.10 bits per heavy atom. The summed E-state index contributed by atoms with van der Waals surface area (Å²) in [5, 5.41) is 20.0. The Labute approximate surface area is 122 Å². The monoisotopic (exact) mass is 293 g/mol. The maximum absolute atomic E-state index is 11.2. The first kappa shape index (κ1) is 15.2. The van der Waals surface area contributed by atoms with Gasteiger partial charge in [0.25, 0.3) is 5.89 Å². The Hall–Kier alpha value is -2.15. The number of aryl methyl sites for hydroxylation is 2. The number of carboxylic acids is 1. The average molecular weight is 293 g/mol. The third-order valence-corrected chi connectivity index (χ3v) is 3.55. The number of carboxylic acid groups (broad SMARTS) is 1. The highest BCUT2D eigenvalue weighted by Crippen LogP contribution is 2.25. The molecule has 2 aromatic heterocycles. The summed E-state index contributed by atoms with van der Waals surface area (Å²) in [5.41, 5.74) is -0.265. The third kappa shape index (κ3) is 3.13. The lowest BCUT2D eigenvalue weighted by molar-refractivity contribution is -0.144. The van der Waals surface area contributed by atoms with Crippen LogP contribution in [0.4, 0.5) is 0 Å². The fourth-order valence-corrected chi connectivity index (χ4v) is 1.90. The highest BCUT2D eigenvalue weighted by atomic mass is 16.4. The zero-order chi connectivity index (χ0) is 15.6. The molecule has 0 radical (unpaired) electrons. The first-order chi connectivity index (χ1) is 9.85. The SMILES string of the molecule is CCC(C)(NCc1nnc(-c2cc(C)oc2C)o1)C(=O)O. The van der Waals surface area contributed by atoms with Crippen molar-refractivity contribution in [3.63, 3.8) is 0 Å². The summed E-state index contributed by atoms with van der Waals surface area (Å²) in [5.74, 6) is 1.27. The molecule has 0 aliphatic rings. The van der Waals surface area contributed by atoms with Crippen molar-refractivity contribution in [1.29, 1.82) is 0 Å². The van der Waals surface area contributed by atoms with Crippen LogP contribution in [0, 0.1) is 13.8 Å². The van der Waals surface area contributed by atoms with Gasteiger partial charge in [-0.1, -0.05) is 6.92 Å². The zero-order valence-electron chi connectivity index (χ0n) is 12.6. The van der Waals surface area contributed by atoms with Gasteiger partial charge in [-0.3, -0.25) is 10.1 Å². The van der Waals surface area contributed by atoms with Gasteiger partial charge in [-0.05, 0) is 33.3 Å². The summed E-state index contributed by atoms with van der Waals surface area (Å²) in [4.78, 5) is 11.2. The third-order valence-electron chi connectivity index (χ3n) is 3.55. The normalized spacial score (nSPS) is 14.1. The quantitative estimate of drug-likeness (QED) is 0.842. The van der Waals surface area contributed by atoms with E-state index >= 15 is 0 Å². The van der Waals surface area contributed by atoms with Crippen molar-refractivity contribution in [2.45, 2.75) is 46.2 Å². The average Bonchev–Trinajstić information content (AvgIpc) is 3.02. The molecule has 0 amide bonds. The van der Waals surface area contributed by atoms with Gasteiger partial charge in [-0.2, -0.15) is 0 Å². The van der Waals surface area contributed by atoms with E-state index in [0.29, 0.717) is 24.0 Å². The van der Waals surface area contributed by atoms with Gasteiger partial charge in [0.05, 0.1) is 12.1 Å². The second-order valence-corrected chi connectivity index (χ2v) is 5.17. The molecular formula is C14H19N3O4. The highest BCUT2D eigenvalue weighted by Gasteiger charge is 2.30. The number of hydrogen-bond donors (Lipinski definition) is 2. The second kappa shape index (κ2) is 5.69. The lowest BCUT2D eigenvalue weighted by Crippen LogP contribution is -2.48. The van der Waals surface area contributed by atoms with Crippen LogP contribution in [0.25, 0.3) is 11.5 Å². The van der Waals surface area contributed by atoms with Gasteiger partial charge < -0.3 is 13.9 Å². The summed E-state index contributed by atoms with van der Waals surface area (Å²) < 4.78 is 11.0. The van der Waals surface area contributed by atoms with Gasteiger partial charge in [0.1, 0.15) is 17.1 Å². The summed E-state index contributed by atoms with van der Waals surface area (Å²) in [7, 11) is 0. The van der Waals surface area contributed by atoms with E-state index in [1.165, 1.54) is 0 Å². The molecule has 0 aromatic carbocycles. The smallest absolute Gasteiger partial charge is 0.323 e. The number of carbonyl (C=O) groups is 1. The Kier molecular flexibility index (Phi) is 4.13. The maximum atomic E-state index is 11.2. The summed E-state index contributed by atoms with van der Waals surface area (Å²) in [6.45, 7) is 7.28. The van der Waals surface area contributed by atoms with Crippen LogP contribution in [0.3, 0.4) is 0 Å². The van der Waals surface area contributed by atoms with Gasteiger partial charge in [-0.15, -0.1) is 10.2 Å². The molecule has 0 saturated carbocycles. The molecule has 7 nitrogen and oxygen atoms in total. The maximum Gasteiger partial charge on any atom is 0.323 e. The van der Waals surface area contributed by atoms with Crippen LogP contribution in [0.2, 0.25) is 0 Å². The van der Waals surface area contributed by atoms with E-state index < -0.39 is 11.5 Å². The number of rotatable bonds is 6. The molecule has 2 rings (SSSR count). The van der Waals surface area contributed by atoms with E-state index in [4.69, 9.17) is 8.83 Å². The van der Waals surface area contributed by atoms with Crippen LogP contribution in [0.5, 0.6) is 0 Å². The van der Waals surface area contributed by atoms with Crippen molar-refractivity contribution in [3.05, 3.63) is 23.5 Å². The molecular weight excluding hydrogens is 274 g/mol. The van der Waals surface area contributed by atoms with Crippen LogP contribution in [-0.4, -0.2) is 26.8 Å². The first-order valence-corrected chi connectivity index (χ1v) is 6.74. The molecule has 0 saturated heterocycles. The molecule has 114 valence electrons. The molecule has 2 N–H and O–H groups in total. The zero-order valence-corrected chi connectivity index (χ0v) is 12.6. The van der Waals surface area contributed by atoms with Gasteiger partial charge >= 0.3 is 5.97 Å². The van der Waals surface area contributed by atoms with Crippen LogP contribution >= 0.6 is 0 Å². The van der Waals surface area contributed by atoms with E-state index in [-0.39, 0.29) is 6.54 Å². The van der Waals surface area contributed by atoms with E-state index in [9.17, 15) is 9.90 Å². The molecule has 0 bridgehead atoms. The van der Waals surface area contributed by atoms with Crippen molar-refractivity contribution in [1.82, 2.24) is 15.5 Å². The summed E-state index contributed by atoms with van der Waals surface area (Å²) >= 11 is 0. The molecule has 7 heteroatoms. The van der Waals surface area contributed by atoms with Crippen molar-refractivity contribution >= 4 is 5.97 Å². The van der Waals surface area contributed by atoms with Crippen LogP contribution < -0.4 is 5.32 Å². The van der Waals surface area contributed by atoms with Crippen molar-refractivity contribution in [2.75, 3.05) is 0 Å². The largest absolute Gasteiger partial charge is 0.480 e. The summed E-state index contributed by atoms with van der Waals surface area (Å²) in [6.07, 6.45) is 0.448. The second-order valence-electron chi connectivity index (χ2n) is 5.17. The van der Waals surface area contributed by atoms with Crippen LogP contribution in [0.1, 0.15) is 37.7 Å². The Morgan fingerprint density at radius 3 is 2.62 bits per heavy atom. The Bertz CT molecular complexity index is 646. The number of nitrogens with one attached hydrogen (secondary N) is 1. The minimum atomic E-state index is -1.02. The van der Waals surface area contributed by atoms with E-state index in [1.54, 1.807) is 13.8 Å². The number of nitrogens with zero attached hydrogens (tertiary/aromatic N) is 2. The summed E-state index contributed by atoms with van der Waals surface area (Å²) in [6, 6.07) is 1.83. The van der Waals surface area contributed by atoms with Gasteiger partial charge in [0.2, 0.25) is 5.89 Å². The van der Waals surface area contributed by atoms with Gasteiger partial charge in [0, 0.05) is 0 Å². The minimum absolute atomic E-state index is 0.194. The standard InChI is InChI=1S/C14H19N3O4/c1-5-14(4,13(18)19)15-7-11-16-17-12(21-11)10-6-8(2)20-9(10)3/h6,15H,5,7H2,1-4H3,(H,18,19). The van der Waals surface area contributed by atoms with Gasteiger partial charge in [-0.25, -0.2) is 0 Å². The van der Waals surface area contributed by atoms with Crippen molar-refractivity contribution in [2.24, 2.45) is 0 Å². The minimum Gasteiger partial charge on any atom is -0.480 e. The van der Waals surface area contributed by atoms with E-state index in [1.807, 2.05) is 19.9 Å². The Balaban J connectivity index is 2.11. The fraction of sp³-hybridized carbons (Fsp3) is 0.500. The molecule has 1 atom stereocenters. The van der Waals surface area contributed by atoms with Crippen LogP contribution in [-0.2, 0) is 11.3 Å². The predicted octanol–water partition coefficient (Wildman–Crippen LogP) is 2.29. The molecule has 0 spiro atoms. The lowest BCUT2D eigenvalue weighted by atomic mass is 9.99. The molecule has 0 fully saturated rings. The fourth-order valence-electron chi connectivity index (χ4n) is 1.90. The number of furan rings is 1. The van der Waals surface area contributed by atoms with Crippen LogP contribution in [0.15, 0.2) is 14.9 Å². The molecule has 0 aliphatic carbocycles. The van der Waals surface area contributed by atoms with Gasteiger partial charge in [0.15, 0.2) is 0 Å². The Morgan fingerprint density at radius 1 is 1.38 bits per heavy atom. The number of hydrogen-bond acceptors (Lipinski definition) is 6. The molecule has 1 unspecified atom stereocenters. The van der Waals surface area contributed by atoms with Crippen molar-refractivity contribution in [3.8, 4) is 11.5 Å².